The van der Waals surface area contributed by atoms with Crippen LogP contribution in [0.3, 0.4) is 0 Å². The Morgan fingerprint density at radius 3 is 2.91 bits per heavy atom. The van der Waals surface area contributed by atoms with Crippen LogP contribution in [0.5, 0.6) is 0 Å². The number of nitrogens with zero attached hydrogens (tertiary/aromatic N) is 2. The molecule has 1 aliphatic rings. The number of fused-ring (bicyclic) bond motifs is 3. The molecule has 0 aliphatic carbocycles. The Kier molecular flexibility index (Phi) is 4.48. The number of carbonyl (C=O) groups is 1. The van der Waals surface area contributed by atoms with Crippen molar-refractivity contribution in [2.24, 2.45) is 0 Å². The van der Waals surface area contributed by atoms with E-state index in [4.69, 9.17) is 4.74 Å². The molecule has 0 radical (unpaired) electrons. The topological polar surface area (TPSA) is 76.1 Å². The Hall–Kier alpha value is -1.38. The molecule has 1 amide bonds. The number of anilines is 1. The molecule has 0 unspecified atom stereocenters. The number of hydrogen-bond acceptors (Lipinski definition) is 7. The number of aromatic nitrogens is 2. The molecular weight excluding hydrogens is 332 g/mol. The molecule has 0 saturated carbocycles. The Labute approximate surface area is 143 Å². The summed E-state index contributed by atoms with van der Waals surface area (Å²) in [6.07, 6.45) is 3.71. The third kappa shape index (κ3) is 3.15. The fourth-order valence-corrected chi connectivity index (χ4v) is 4.13. The Bertz CT molecular complexity index is 762. The monoisotopic (exact) mass is 352 g/mol. The minimum Gasteiger partial charge on any atom is -0.369 e. The normalized spacial score (nSPS) is 20.3. The summed E-state index contributed by atoms with van der Waals surface area (Å²) in [5.41, 5.74) is 6.64. The second-order valence-corrected chi connectivity index (χ2v) is 7.67. The molecule has 0 bridgehead atoms. The van der Waals surface area contributed by atoms with Crippen molar-refractivity contribution in [2.75, 3.05) is 11.7 Å². The maximum absolute atomic E-state index is 11.2. The lowest BCUT2D eigenvalue weighted by Gasteiger charge is -2.33. The standard InChI is InChI=1S/C15H20N4O2S2/c1-5-15(3)6-9-10(7-21-15)23-13-11(9)12(19-18-8(2)20)16-14(17-13)22-4/h5-7H2,1-4H3,(H,18,20)(H,16,17,19)/t15-/m0/s1. The Morgan fingerprint density at radius 1 is 1.48 bits per heavy atom. The van der Waals surface area contributed by atoms with E-state index < -0.39 is 0 Å². The van der Waals surface area contributed by atoms with Gasteiger partial charge < -0.3 is 4.74 Å². The van der Waals surface area contributed by atoms with Gasteiger partial charge in [-0.3, -0.25) is 15.6 Å². The highest BCUT2D eigenvalue weighted by Crippen LogP contribution is 2.42. The Balaban J connectivity index is 2.12. The summed E-state index contributed by atoms with van der Waals surface area (Å²) in [6, 6.07) is 0. The van der Waals surface area contributed by atoms with Crippen LogP contribution < -0.4 is 10.9 Å². The molecule has 3 heterocycles. The lowest BCUT2D eigenvalue weighted by Crippen LogP contribution is -2.34. The van der Waals surface area contributed by atoms with E-state index in [0.29, 0.717) is 17.6 Å². The van der Waals surface area contributed by atoms with E-state index in [9.17, 15) is 4.79 Å². The summed E-state index contributed by atoms with van der Waals surface area (Å²) < 4.78 is 6.03. The summed E-state index contributed by atoms with van der Waals surface area (Å²) >= 11 is 3.13. The van der Waals surface area contributed by atoms with Crippen LogP contribution in [0.2, 0.25) is 0 Å². The van der Waals surface area contributed by atoms with Crippen molar-refractivity contribution < 1.29 is 9.53 Å². The average Bonchev–Trinajstić information content (AvgIpc) is 2.89. The van der Waals surface area contributed by atoms with Crippen molar-refractivity contribution in [1.29, 1.82) is 0 Å². The number of ether oxygens (including phenoxy) is 1. The zero-order chi connectivity index (χ0) is 16.6. The van der Waals surface area contributed by atoms with Gasteiger partial charge in [-0.25, -0.2) is 9.97 Å². The van der Waals surface area contributed by atoms with Gasteiger partial charge in [0.15, 0.2) is 11.0 Å². The number of rotatable bonds is 4. The van der Waals surface area contributed by atoms with Crippen LogP contribution in [0.1, 0.15) is 37.6 Å². The number of thioether (sulfide) groups is 1. The van der Waals surface area contributed by atoms with Gasteiger partial charge in [-0.1, -0.05) is 18.7 Å². The molecule has 1 atom stereocenters. The first-order chi connectivity index (χ1) is 11.0. The molecule has 124 valence electrons. The van der Waals surface area contributed by atoms with Gasteiger partial charge >= 0.3 is 0 Å². The zero-order valence-corrected chi connectivity index (χ0v) is 15.3. The molecule has 8 heteroatoms. The second-order valence-electron chi connectivity index (χ2n) is 5.82. The fraction of sp³-hybridized carbons (Fsp3) is 0.533. The predicted molar refractivity (Wildman–Crippen MR) is 93.8 cm³/mol. The third-order valence-corrected chi connectivity index (χ3v) is 5.75. The van der Waals surface area contributed by atoms with Crippen molar-refractivity contribution in [1.82, 2.24) is 15.4 Å². The number of amides is 1. The molecular formula is C15H20N4O2S2. The first-order valence-electron chi connectivity index (χ1n) is 7.48. The lowest BCUT2D eigenvalue weighted by atomic mass is 9.90. The van der Waals surface area contributed by atoms with Crippen LogP contribution in [0.15, 0.2) is 5.16 Å². The summed E-state index contributed by atoms with van der Waals surface area (Å²) in [5.74, 6) is 0.501. The summed E-state index contributed by atoms with van der Waals surface area (Å²) in [7, 11) is 0. The average molecular weight is 352 g/mol. The second kappa shape index (κ2) is 6.26. The summed E-state index contributed by atoms with van der Waals surface area (Å²) in [5, 5.41) is 1.68. The molecule has 0 saturated heterocycles. The van der Waals surface area contributed by atoms with E-state index in [1.807, 2.05) is 6.26 Å². The minimum absolute atomic E-state index is 0.159. The quantitative estimate of drug-likeness (QED) is 0.500. The van der Waals surface area contributed by atoms with E-state index in [1.165, 1.54) is 29.1 Å². The highest BCUT2D eigenvalue weighted by Gasteiger charge is 2.33. The van der Waals surface area contributed by atoms with Gasteiger partial charge in [-0.15, -0.1) is 11.3 Å². The van der Waals surface area contributed by atoms with Crippen molar-refractivity contribution in [3.05, 3.63) is 10.4 Å². The number of carbonyl (C=O) groups excluding carboxylic acids is 1. The van der Waals surface area contributed by atoms with Crippen molar-refractivity contribution in [3.8, 4) is 0 Å². The van der Waals surface area contributed by atoms with Crippen LogP contribution in [0.25, 0.3) is 10.2 Å². The van der Waals surface area contributed by atoms with Gasteiger partial charge in [0.1, 0.15) is 4.83 Å². The van der Waals surface area contributed by atoms with Crippen molar-refractivity contribution in [3.63, 3.8) is 0 Å². The van der Waals surface area contributed by atoms with E-state index >= 15 is 0 Å². The largest absolute Gasteiger partial charge is 0.369 e. The fourth-order valence-electron chi connectivity index (χ4n) is 2.61. The van der Waals surface area contributed by atoms with Gasteiger partial charge in [0.25, 0.3) is 0 Å². The molecule has 0 aromatic carbocycles. The Morgan fingerprint density at radius 2 is 2.26 bits per heavy atom. The highest BCUT2D eigenvalue weighted by atomic mass is 32.2. The van der Waals surface area contributed by atoms with E-state index in [2.05, 4.69) is 34.7 Å². The number of hydrogen-bond donors (Lipinski definition) is 2. The maximum Gasteiger partial charge on any atom is 0.235 e. The first-order valence-corrected chi connectivity index (χ1v) is 9.52. The summed E-state index contributed by atoms with van der Waals surface area (Å²) in [4.78, 5) is 22.5. The van der Waals surface area contributed by atoms with Gasteiger partial charge in [-0.05, 0) is 25.2 Å². The van der Waals surface area contributed by atoms with E-state index in [-0.39, 0.29) is 11.5 Å². The van der Waals surface area contributed by atoms with E-state index in [0.717, 1.165) is 23.1 Å². The predicted octanol–water partition coefficient (Wildman–Crippen LogP) is 3.12. The zero-order valence-electron chi connectivity index (χ0n) is 13.6. The molecule has 2 aromatic heterocycles. The van der Waals surface area contributed by atoms with Crippen molar-refractivity contribution >= 4 is 45.0 Å². The molecule has 0 spiro atoms. The maximum atomic E-state index is 11.2. The molecule has 23 heavy (non-hydrogen) atoms. The van der Waals surface area contributed by atoms with E-state index in [1.54, 1.807) is 11.3 Å². The smallest absolute Gasteiger partial charge is 0.235 e. The molecule has 0 fully saturated rings. The SMILES string of the molecule is CC[C@@]1(C)Cc2c(sc3nc(SC)nc(NNC(C)=O)c23)CO1. The van der Waals surface area contributed by atoms with Crippen LogP contribution in [-0.2, 0) is 22.6 Å². The first kappa shape index (κ1) is 16.5. The number of thiophene rings is 1. The van der Waals surface area contributed by atoms with Gasteiger partial charge in [0.2, 0.25) is 5.91 Å². The molecule has 3 rings (SSSR count). The molecule has 1 aliphatic heterocycles. The molecule has 2 N–H and O–H groups in total. The van der Waals surface area contributed by atoms with Crippen molar-refractivity contribution in [2.45, 2.75) is 51.0 Å². The molecule has 2 aromatic rings. The van der Waals surface area contributed by atoms with Crippen LogP contribution in [-0.4, -0.2) is 27.7 Å². The number of nitrogens with one attached hydrogen (secondary N) is 2. The van der Waals surface area contributed by atoms with Crippen LogP contribution in [0.4, 0.5) is 5.82 Å². The molecule has 6 nitrogen and oxygen atoms in total. The van der Waals surface area contributed by atoms with Gasteiger partial charge in [0, 0.05) is 18.2 Å². The van der Waals surface area contributed by atoms with Gasteiger partial charge in [0.05, 0.1) is 17.6 Å². The van der Waals surface area contributed by atoms with Crippen LogP contribution >= 0.6 is 23.1 Å². The van der Waals surface area contributed by atoms with Gasteiger partial charge in [-0.2, -0.15) is 0 Å². The lowest BCUT2D eigenvalue weighted by molar-refractivity contribution is -0.118. The van der Waals surface area contributed by atoms with Crippen LogP contribution in [0, 0.1) is 0 Å². The number of hydrazine groups is 1. The highest BCUT2D eigenvalue weighted by molar-refractivity contribution is 7.98. The third-order valence-electron chi connectivity index (χ3n) is 4.10. The summed E-state index contributed by atoms with van der Waals surface area (Å²) in [6.45, 7) is 6.34. The minimum atomic E-state index is -0.162.